The van der Waals surface area contributed by atoms with Crippen molar-refractivity contribution in [2.45, 2.75) is 13.8 Å². The highest BCUT2D eigenvalue weighted by Gasteiger charge is 2.17. The summed E-state index contributed by atoms with van der Waals surface area (Å²) >= 11 is 5.35. The molecule has 0 fully saturated rings. The van der Waals surface area contributed by atoms with E-state index in [0.717, 1.165) is 22.5 Å². The van der Waals surface area contributed by atoms with Gasteiger partial charge in [0.1, 0.15) is 11.0 Å². The van der Waals surface area contributed by atoms with E-state index in [1.807, 2.05) is 50.2 Å². The molecular weight excluding hydrogens is 426 g/mol. The number of rotatable bonds is 3. The van der Waals surface area contributed by atoms with Gasteiger partial charge in [0, 0.05) is 11.3 Å². The number of carbonyl (C=O) groups excluding carboxylic acids is 1. The number of amides is 1. The van der Waals surface area contributed by atoms with E-state index in [0.29, 0.717) is 22.6 Å². The maximum absolute atomic E-state index is 12.6. The molecule has 0 spiro atoms. The van der Waals surface area contributed by atoms with E-state index < -0.39 is 0 Å². The summed E-state index contributed by atoms with van der Waals surface area (Å²) in [5.41, 5.74) is 5.62. The Bertz CT molecular complexity index is 1360. The van der Waals surface area contributed by atoms with Crippen molar-refractivity contribution < 1.29 is 14.3 Å². The Labute approximate surface area is 189 Å². The van der Waals surface area contributed by atoms with E-state index in [4.69, 9.17) is 21.7 Å². The molecule has 0 bridgehead atoms. The smallest absolute Gasteiger partial charge is 0.257 e. The van der Waals surface area contributed by atoms with Crippen LogP contribution in [-0.4, -0.2) is 32.8 Å². The highest BCUT2D eigenvalue weighted by atomic mass is 32.1. The first-order valence-electron chi connectivity index (χ1n) is 9.93. The summed E-state index contributed by atoms with van der Waals surface area (Å²) in [6, 6.07) is 16.8. The molecule has 32 heavy (non-hydrogen) atoms. The fourth-order valence-corrected chi connectivity index (χ4v) is 3.57. The average Bonchev–Trinajstić information content (AvgIpc) is 3.40. The quantitative estimate of drug-likeness (QED) is 0.462. The third-order valence-electron chi connectivity index (χ3n) is 5.10. The van der Waals surface area contributed by atoms with Crippen LogP contribution in [0, 0.1) is 13.8 Å². The summed E-state index contributed by atoms with van der Waals surface area (Å²) in [4.78, 5) is 14.2. The van der Waals surface area contributed by atoms with Gasteiger partial charge in [-0.3, -0.25) is 10.1 Å². The topological polar surface area (TPSA) is 90.3 Å². The van der Waals surface area contributed by atoms with Crippen LogP contribution >= 0.6 is 12.2 Å². The Kier molecular flexibility index (Phi) is 4.95. The highest BCUT2D eigenvalue weighted by Crippen LogP contribution is 2.32. The molecule has 0 saturated heterocycles. The Morgan fingerprint density at radius 3 is 2.47 bits per heavy atom. The number of nitrogens with zero attached hydrogens (tertiary/aromatic N) is 3. The van der Waals surface area contributed by atoms with Crippen LogP contribution in [-0.2, 0) is 0 Å². The van der Waals surface area contributed by atoms with Crippen molar-refractivity contribution in [3.8, 4) is 17.2 Å². The molecule has 9 heteroatoms. The number of hydrogen-bond acceptors (Lipinski definition) is 6. The van der Waals surface area contributed by atoms with Gasteiger partial charge in [-0.05, 0) is 74.1 Å². The summed E-state index contributed by atoms with van der Waals surface area (Å²) in [6.45, 7) is 4.12. The second-order valence-corrected chi connectivity index (χ2v) is 7.87. The number of carbonyl (C=O) groups is 1. The maximum Gasteiger partial charge on any atom is 0.257 e. The van der Waals surface area contributed by atoms with E-state index in [2.05, 4.69) is 20.8 Å². The predicted molar refractivity (Wildman–Crippen MR) is 125 cm³/mol. The minimum Gasteiger partial charge on any atom is -0.454 e. The molecule has 0 unspecified atom stereocenters. The third-order valence-corrected chi connectivity index (χ3v) is 5.31. The normalized spacial score (nSPS) is 12.1. The van der Waals surface area contributed by atoms with Gasteiger partial charge in [-0.15, -0.1) is 10.2 Å². The number of thiocarbonyl (C=S) groups is 1. The highest BCUT2D eigenvalue weighted by molar-refractivity contribution is 7.80. The SMILES string of the molecule is Cc1ccc(-n2nc3cc(C)c(NC(=S)NC(=O)c4ccc5c(c4)OCO5)cc3n2)cc1. The molecule has 0 radical (unpaired) electrons. The van der Waals surface area contributed by atoms with E-state index >= 15 is 0 Å². The van der Waals surface area contributed by atoms with Gasteiger partial charge in [-0.2, -0.15) is 4.80 Å². The number of benzene rings is 3. The molecule has 0 aliphatic carbocycles. The van der Waals surface area contributed by atoms with Crippen LogP contribution in [0.4, 0.5) is 5.69 Å². The monoisotopic (exact) mass is 445 g/mol. The van der Waals surface area contributed by atoms with E-state index in [1.165, 1.54) is 5.56 Å². The Morgan fingerprint density at radius 1 is 0.969 bits per heavy atom. The fourth-order valence-electron chi connectivity index (χ4n) is 3.36. The van der Waals surface area contributed by atoms with Gasteiger partial charge in [0.25, 0.3) is 5.91 Å². The molecule has 160 valence electrons. The molecule has 3 aromatic carbocycles. The van der Waals surface area contributed by atoms with Crippen molar-refractivity contribution >= 4 is 40.0 Å². The minimum atomic E-state index is -0.343. The molecule has 5 rings (SSSR count). The molecule has 4 aromatic rings. The number of fused-ring (bicyclic) bond motifs is 2. The zero-order valence-electron chi connectivity index (χ0n) is 17.4. The van der Waals surface area contributed by atoms with Crippen LogP contribution in [0.25, 0.3) is 16.7 Å². The Hall–Kier alpha value is -3.98. The van der Waals surface area contributed by atoms with Crippen LogP contribution in [0.2, 0.25) is 0 Å². The Morgan fingerprint density at radius 2 is 1.69 bits per heavy atom. The first-order chi connectivity index (χ1) is 15.5. The number of ether oxygens (including phenoxy) is 2. The largest absolute Gasteiger partial charge is 0.454 e. The van der Waals surface area contributed by atoms with Crippen molar-refractivity contribution in [3.05, 3.63) is 71.3 Å². The average molecular weight is 446 g/mol. The van der Waals surface area contributed by atoms with Gasteiger partial charge in [0.05, 0.1) is 5.69 Å². The molecule has 1 amide bonds. The maximum atomic E-state index is 12.6. The lowest BCUT2D eigenvalue weighted by molar-refractivity contribution is 0.0977. The molecule has 2 heterocycles. The van der Waals surface area contributed by atoms with Crippen LogP contribution < -0.4 is 20.1 Å². The first kappa shape index (κ1) is 20.0. The number of aromatic nitrogens is 3. The minimum absolute atomic E-state index is 0.149. The van der Waals surface area contributed by atoms with Gasteiger partial charge in [-0.1, -0.05) is 17.7 Å². The number of nitrogens with one attached hydrogen (secondary N) is 2. The van der Waals surface area contributed by atoms with Crippen molar-refractivity contribution in [3.63, 3.8) is 0 Å². The van der Waals surface area contributed by atoms with Crippen molar-refractivity contribution in [1.82, 2.24) is 20.3 Å². The predicted octanol–water partition coefficient (Wildman–Crippen LogP) is 3.89. The van der Waals surface area contributed by atoms with Crippen LogP contribution in [0.5, 0.6) is 11.5 Å². The lowest BCUT2D eigenvalue weighted by Gasteiger charge is -2.12. The molecule has 1 aliphatic rings. The van der Waals surface area contributed by atoms with Crippen molar-refractivity contribution in [2.75, 3.05) is 12.1 Å². The Balaban J connectivity index is 1.33. The molecule has 1 aliphatic heterocycles. The first-order valence-corrected chi connectivity index (χ1v) is 10.3. The molecule has 0 atom stereocenters. The van der Waals surface area contributed by atoms with Crippen molar-refractivity contribution in [1.29, 1.82) is 0 Å². The van der Waals surface area contributed by atoms with Crippen LogP contribution in [0.15, 0.2) is 54.6 Å². The molecule has 8 nitrogen and oxygen atoms in total. The summed E-state index contributed by atoms with van der Waals surface area (Å²) in [7, 11) is 0. The van der Waals surface area contributed by atoms with E-state index in [9.17, 15) is 4.79 Å². The van der Waals surface area contributed by atoms with Crippen LogP contribution in [0.1, 0.15) is 21.5 Å². The molecular formula is C23H19N5O3S. The summed E-state index contributed by atoms with van der Waals surface area (Å²) in [6.07, 6.45) is 0. The number of anilines is 1. The summed E-state index contributed by atoms with van der Waals surface area (Å²) < 4.78 is 10.6. The van der Waals surface area contributed by atoms with Gasteiger partial charge in [0.2, 0.25) is 6.79 Å². The second kappa shape index (κ2) is 7.93. The molecule has 1 aromatic heterocycles. The van der Waals surface area contributed by atoms with Crippen LogP contribution in [0.3, 0.4) is 0 Å². The van der Waals surface area contributed by atoms with Gasteiger partial charge in [0.15, 0.2) is 16.6 Å². The number of hydrogen-bond donors (Lipinski definition) is 2. The zero-order chi connectivity index (χ0) is 22.2. The third kappa shape index (κ3) is 3.85. The summed E-state index contributed by atoms with van der Waals surface area (Å²) in [5, 5.41) is 15.1. The zero-order valence-corrected chi connectivity index (χ0v) is 18.2. The second-order valence-electron chi connectivity index (χ2n) is 7.46. The van der Waals surface area contributed by atoms with Gasteiger partial charge >= 0.3 is 0 Å². The number of aryl methyl sites for hydroxylation is 2. The molecule has 0 saturated carbocycles. The van der Waals surface area contributed by atoms with E-state index in [-0.39, 0.29) is 17.8 Å². The fraction of sp³-hybridized carbons (Fsp3) is 0.130. The lowest BCUT2D eigenvalue weighted by atomic mass is 10.1. The van der Waals surface area contributed by atoms with Crippen molar-refractivity contribution in [2.24, 2.45) is 0 Å². The van der Waals surface area contributed by atoms with Gasteiger partial charge in [-0.25, -0.2) is 0 Å². The standard InChI is InChI=1S/C23H19N5O3S/c1-13-3-6-16(7-4-13)28-26-18-9-14(2)17(11-19(18)27-28)24-23(32)25-22(29)15-5-8-20-21(10-15)31-12-30-20/h3-11H,12H2,1-2H3,(H2,24,25,29,32). The van der Waals surface area contributed by atoms with E-state index in [1.54, 1.807) is 23.0 Å². The summed E-state index contributed by atoms with van der Waals surface area (Å²) in [5.74, 6) is 0.809. The van der Waals surface area contributed by atoms with Gasteiger partial charge < -0.3 is 14.8 Å². The lowest BCUT2D eigenvalue weighted by Crippen LogP contribution is -2.34. The molecule has 2 N–H and O–H groups in total.